The first-order valence-electron chi connectivity index (χ1n) is 8.39. The minimum Gasteiger partial charge on any atom is -0.496 e. The predicted octanol–water partition coefficient (Wildman–Crippen LogP) is -0.134. The van der Waals surface area contributed by atoms with Gasteiger partial charge in [-0.05, 0) is 18.6 Å². The molecule has 1 aliphatic rings. The van der Waals surface area contributed by atoms with E-state index in [2.05, 4.69) is 26.3 Å². The molecule has 1 saturated heterocycles. The molecule has 26 heavy (non-hydrogen) atoms. The van der Waals surface area contributed by atoms with Gasteiger partial charge in [-0.15, -0.1) is 5.10 Å². The lowest BCUT2D eigenvalue weighted by Crippen LogP contribution is -2.38. The number of nitrogens with zero attached hydrogens (tertiary/aromatic N) is 3. The predicted molar refractivity (Wildman–Crippen MR) is 93.7 cm³/mol. The van der Waals surface area contributed by atoms with Gasteiger partial charge in [-0.25, -0.2) is 4.68 Å². The summed E-state index contributed by atoms with van der Waals surface area (Å²) in [5, 5.41) is 16.8. The van der Waals surface area contributed by atoms with Gasteiger partial charge < -0.3 is 20.7 Å². The van der Waals surface area contributed by atoms with Gasteiger partial charge in [0.05, 0.1) is 37.5 Å². The van der Waals surface area contributed by atoms with Crippen LogP contribution in [-0.2, 0) is 11.3 Å². The maximum absolute atomic E-state index is 12.3. The van der Waals surface area contributed by atoms with Crippen molar-refractivity contribution in [2.45, 2.75) is 25.0 Å². The molecule has 0 spiro atoms. The lowest BCUT2D eigenvalue weighted by atomic mass is 10.1. The SMILES string of the molecule is CNC(=O)[C@@H]1C[C@@H](n2cc(CNC(=O)c3ccccc3OC)nn2)CN1. The highest BCUT2D eigenvalue weighted by molar-refractivity contribution is 5.96. The summed E-state index contributed by atoms with van der Waals surface area (Å²) < 4.78 is 6.93. The topological polar surface area (TPSA) is 110 Å². The van der Waals surface area contributed by atoms with Gasteiger partial charge in [-0.1, -0.05) is 17.3 Å². The average Bonchev–Trinajstić information content (AvgIpc) is 3.34. The van der Waals surface area contributed by atoms with E-state index in [1.807, 2.05) is 6.07 Å². The molecule has 3 rings (SSSR count). The lowest BCUT2D eigenvalue weighted by molar-refractivity contribution is -0.122. The van der Waals surface area contributed by atoms with Crippen molar-refractivity contribution in [2.75, 3.05) is 20.7 Å². The minimum atomic E-state index is -0.237. The lowest BCUT2D eigenvalue weighted by Gasteiger charge is -2.09. The molecule has 0 aliphatic carbocycles. The molecule has 3 N–H and O–H groups in total. The number of hydrogen-bond donors (Lipinski definition) is 3. The summed E-state index contributed by atoms with van der Waals surface area (Å²) in [6.45, 7) is 0.907. The van der Waals surface area contributed by atoms with Crippen LogP contribution in [0.3, 0.4) is 0 Å². The van der Waals surface area contributed by atoms with Crippen LogP contribution in [-0.4, -0.2) is 53.6 Å². The molecular weight excluding hydrogens is 336 g/mol. The molecule has 1 aromatic heterocycles. The third-order valence-corrected chi connectivity index (χ3v) is 4.38. The number of para-hydroxylation sites is 1. The Morgan fingerprint density at radius 2 is 2.19 bits per heavy atom. The summed E-state index contributed by atoms with van der Waals surface area (Å²) >= 11 is 0. The standard InChI is InChI=1S/C17H22N6O3/c1-18-17(25)14-7-12(9-19-14)23-10-11(21-22-23)8-20-16(24)13-5-3-4-6-15(13)26-2/h3-6,10,12,14,19H,7-9H2,1-2H3,(H,18,25)(H,20,24)/t12-,14+/m1/s1. The number of ether oxygens (including phenoxy) is 1. The van der Waals surface area contributed by atoms with E-state index in [-0.39, 0.29) is 30.4 Å². The minimum absolute atomic E-state index is 0.0306. The molecule has 9 nitrogen and oxygen atoms in total. The van der Waals surface area contributed by atoms with E-state index in [9.17, 15) is 9.59 Å². The fraction of sp³-hybridized carbons (Fsp3) is 0.412. The van der Waals surface area contributed by atoms with Crippen LogP contribution in [0.4, 0.5) is 0 Å². The highest BCUT2D eigenvalue weighted by Gasteiger charge is 2.30. The second-order valence-electron chi connectivity index (χ2n) is 6.04. The summed E-state index contributed by atoms with van der Waals surface area (Å²) in [5.41, 5.74) is 1.12. The zero-order valence-electron chi connectivity index (χ0n) is 14.7. The first-order chi connectivity index (χ1) is 12.6. The van der Waals surface area contributed by atoms with Crippen LogP contribution in [0.15, 0.2) is 30.5 Å². The second kappa shape index (κ2) is 7.96. The van der Waals surface area contributed by atoms with Crippen molar-refractivity contribution in [1.29, 1.82) is 0 Å². The number of amides is 2. The molecule has 1 aliphatic heterocycles. The summed E-state index contributed by atoms with van der Waals surface area (Å²) in [6, 6.07) is 6.87. The first kappa shape index (κ1) is 17.9. The molecule has 2 aromatic rings. The molecule has 1 aromatic carbocycles. The Morgan fingerprint density at radius 1 is 1.38 bits per heavy atom. The molecule has 1 fully saturated rings. The zero-order valence-corrected chi connectivity index (χ0v) is 14.7. The maximum atomic E-state index is 12.3. The largest absolute Gasteiger partial charge is 0.496 e. The van der Waals surface area contributed by atoms with E-state index < -0.39 is 0 Å². The number of carbonyl (C=O) groups excluding carboxylic acids is 2. The summed E-state index contributed by atoms with van der Waals surface area (Å²) in [4.78, 5) is 24.0. The van der Waals surface area contributed by atoms with Crippen LogP contribution in [0.1, 0.15) is 28.5 Å². The summed E-state index contributed by atoms with van der Waals surface area (Å²) in [6.07, 6.45) is 2.44. The van der Waals surface area contributed by atoms with Gasteiger partial charge in [0.15, 0.2) is 0 Å². The number of benzene rings is 1. The van der Waals surface area contributed by atoms with Crippen LogP contribution >= 0.6 is 0 Å². The second-order valence-corrected chi connectivity index (χ2v) is 6.04. The Kier molecular flexibility index (Phi) is 5.47. The highest BCUT2D eigenvalue weighted by Crippen LogP contribution is 2.19. The van der Waals surface area contributed by atoms with E-state index in [1.165, 1.54) is 7.11 Å². The molecule has 0 saturated carbocycles. The van der Waals surface area contributed by atoms with Gasteiger partial charge in [-0.2, -0.15) is 0 Å². The number of nitrogens with one attached hydrogen (secondary N) is 3. The van der Waals surface area contributed by atoms with Crippen molar-refractivity contribution in [2.24, 2.45) is 0 Å². The van der Waals surface area contributed by atoms with Gasteiger partial charge in [0.1, 0.15) is 11.4 Å². The Hall–Kier alpha value is -2.94. The molecule has 2 amide bonds. The maximum Gasteiger partial charge on any atom is 0.255 e. The summed E-state index contributed by atoms with van der Waals surface area (Å²) in [5.74, 6) is 0.252. The van der Waals surface area contributed by atoms with E-state index in [0.717, 1.165) is 0 Å². The Morgan fingerprint density at radius 3 is 2.96 bits per heavy atom. The van der Waals surface area contributed by atoms with Crippen molar-refractivity contribution < 1.29 is 14.3 Å². The van der Waals surface area contributed by atoms with Crippen molar-refractivity contribution >= 4 is 11.8 Å². The van der Waals surface area contributed by atoms with Crippen LogP contribution in [0, 0.1) is 0 Å². The molecule has 0 bridgehead atoms. The summed E-state index contributed by atoms with van der Waals surface area (Å²) in [7, 11) is 3.15. The van der Waals surface area contributed by atoms with Crippen LogP contribution in [0.25, 0.3) is 0 Å². The van der Waals surface area contributed by atoms with Gasteiger partial charge in [0.25, 0.3) is 5.91 Å². The fourth-order valence-electron chi connectivity index (χ4n) is 2.96. The number of aromatic nitrogens is 3. The number of methoxy groups -OCH3 is 1. The van der Waals surface area contributed by atoms with Crippen molar-refractivity contribution in [3.8, 4) is 5.75 Å². The van der Waals surface area contributed by atoms with E-state index in [4.69, 9.17) is 4.74 Å². The third-order valence-electron chi connectivity index (χ3n) is 4.38. The number of carbonyl (C=O) groups is 2. The van der Waals surface area contributed by atoms with Crippen LogP contribution < -0.4 is 20.7 Å². The quantitative estimate of drug-likeness (QED) is 0.663. The van der Waals surface area contributed by atoms with Gasteiger partial charge >= 0.3 is 0 Å². The number of likely N-dealkylation sites (N-methyl/N-ethyl adjacent to an activating group) is 1. The van der Waals surface area contributed by atoms with E-state index in [1.54, 1.807) is 36.1 Å². The van der Waals surface area contributed by atoms with Crippen molar-refractivity contribution in [3.05, 3.63) is 41.7 Å². The average molecular weight is 358 g/mol. The molecular formula is C17H22N6O3. The van der Waals surface area contributed by atoms with Crippen molar-refractivity contribution in [3.63, 3.8) is 0 Å². The molecule has 2 heterocycles. The van der Waals surface area contributed by atoms with Crippen LogP contribution in [0.5, 0.6) is 5.75 Å². The molecule has 0 radical (unpaired) electrons. The van der Waals surface area contributed by atoms with E-state index >= 15 is 0 Å². The molecule has 138 valence electrons. The Labute approximate surface area is 151 Å². The normalized spacial score (nSPS) is 19.2. The van der Waals surface area contributed by atoms with Crippen LogP contribution in [0.2, 0.25) is 0 Å². The third kappa shape index (κ3) is 3.83. The monoisotopic (exact) mass is 358 g/mol. The number of hydrogen-bond acceptors (Lipinski definition) is 6. The Balaban J connectivity index is 1.57. The first-order valence-corrected chi connectivity index (χ1v) is 8.39. The fourth-order valence-corrected chi connectivity index (χ4v) is 2.96. The number of rotatable bonds is 6. The molecule has 2 atom stereocenters. The highest BCUT2D eigenvalue weighted by atomic mass is 16.5. The van der Waals surface area contributed by atoms with Gasteiger partial charge in [-0.3, -0.25) is 9.59 Å². The van der Waals surface area contributed by atoms with Gasteiger partial charge in [0.2, 0.25) is 5.91 Å². The Bertz CT molecular complexity index is 790. The zero-order chi connectivity index (χ0) is 18.5. The molecule has 0 unspecified atom stereocenters. The smallest absolute Gasteiger partial charge is 0.255 e. The van der Waals surface area contributed by atoms with Crippen molar-refractivity contribution in [1.82, 2.24) is 30.9 Å². The van der Waals surface area contributed by atoms with Gasteiger partial charge in [0, 0.05) is 13.6 Å². The van der Waals surface area contributed by atoms with E-state index in [0.29, 0.717) is 30.0 Å². The molecule has 9 heteroatoms.